The fraction of sp³-hybridized carbons (Fsp3) is 0.429. The zero-order valence-corrected chi connectivity index (χ0v) is 11.3. The van der Waals surface area contributed by atoms with E-state index in [9.17, 15) is 9.59 Å². The number of carbonyl (C=O) groups excluding carboxylic acids is 2. The molecule has 0 aromatic heterocycles. The number of hydrogen-bond acceptors (Lipinski definition) is 3. The smallest absolute Gasteiger partial charge is 0.275 e. The maximum absolute atomic E-state index is 11.4. The second kappa shape index (κ2) is 5.84. The van der Waals surface area contributed by atoms with Crippen LogP contribution in [0.15, 0.2) is 18.2 Å². The third kappa shape index (κ3) is 3.32. The molecule has 1 atom stereocenters. The maximum Gasteiger partial charge on any atom is 0.275 e. The monoisotopic (exact) mass is 263 g/mol. The van der Waals surface area contributed by atoms with Crippen LogP contribution in [0.4, 0.5) is 0 Å². The van der Waals surface area contributed by atoms with Crippen molar-refractivity contribution in [3.05, 3.63) is 29.3 Å². The molecule has 0 spiro atoms. The molecule has 5 heteroatoms. The molecule has 1 heterocycles. The summed E-state index contributed by atoms with van der Waals surface area (Å²) in [7, 11) is 1.62. The Kier molecular flexibility index (Phi) is 4.16. The van der Waals surface area contributed by atoms with Crippen LogP contribution in [0.1, 0.15) is 22.8 Å². The second-order valence-electron chi connectivity index (χ2n) is 4.79. The van der Waals surface area contributed by atoms with E-state index in [1.54, 1.807) is 20.1 Å². The highest BCUT2D eigenvalue weighted by molar-refractivity contribution is 5.94. The number of nitrogens with one attached hydrogen (secondary N) is 2. The molecule has 1 aromatic carbocycles. The number of carbonyl (C=O) groups is 2. The van der Waals surface area contributed by atoms with Crippen LogP contribution in [0.25, 0.3) is 0 Å². The third-order valence-corrected chi connectivity index (χ3v) is 3.34. The van der Waals surface area contributed by atoms with Crippen molar-refractivity contribution in [2.75, 3.05) is 26.7 Å². The summed E-state index contributed by atoms with van der Waals surface area (Å²) in [4.78, 5) is 24.0. The van der Waals surface area contributed by atoms with E-state index in [2.05, 4.69) is 5.32 Å². The number of ketones is 1. The summed E-state index contributed by atoms with van der Waals surface area (Å²) < 4.78 is 5.32. The number of piperazine rings is 1. The number of quaternary nitrogens is 1. The highest BCUT2D eigenvalue weighted by Gasteiger charge is 2.21. The maximum atomic E-state index is 11.4. The number of Topliss-reactive ketones (excluding diaryl/α,β-unsaturated/α-hetero) is 1. The summed E-state index contributed by atoms with van der Waals surface area (Å²) in [6.07, 6.45) is 0. The summed E-state index contributed by atoms with van der Waals surface area (Å²) in [5, 5.41) is 2.81. The zero-order valence-electron chi connectivity index (χ0n) is 11.3. The van der Waals surface area contributed by atoms with Crippen LogP contribution >= 0.6 is 0 Å². The van der Waals surface area contributed by atoms with Gasteiger partial charge in [-0.1, -0.05) is 0 Å². The molecule has 2 rings (SSSR count). The minimum Gasteiger partial charge on any atom is -0.496 e. The topological polar surface area (TPSA) is 59.8 Å². The van der Waals surface area contributed by atoms with E-state index < -0.39 is 0 Å². The molecular formula is C14H19N2O3+. The Morgan fingerprint density at radius 3 is 2.89 bits per heavy atom. The highest BCUT2D eigenvalue weighted by Crippen LogP contribution is 2.19. The minimum atomic E-state index is 0.0373. The number of benzene rings is 1. The first kappa shape index (κ1) is 13.5. The van der Waals surface area contributed by atoms with Gasteiger partial charge in [0.05, 0.1) is 20.2 Å². The standard InChI is InChI=1S/C14H18N2O3/c1-10(17)11-3-4-13(19-2)12(7-11)8-16-6-5-15-14(18)9-16/h3-4,7H,5-6,8-9H2,1-2H3,(H,15,18)/p+1. The predicted molar refractivity (Wildman–Crippen MR) is 70.4 cm³/mol. The summed E-state index contributed by atoms with van der Waals surface area (Å²) in [6, 6.07) is 5.44. The van der Waals surface area contributed by atoms with Crippen molar-refractivity contribution in [3.8, 4) is 5.75 Å². The van der Waals surface area contributed by atoms with E-state index in [-0.39, 0.29) is 11.7 Å². The van der Waals surface area contributed by atoms with Gasteiger partial charge in [-0.2, -0.15) is 0 Å². The quantitative estimate of drug-likeness (QED) is 0.714. The van der Waals surface area contributed by atoms with Gasteiger partial charge in [-0.05, 0) is 25.1 Å². The Bertz CT molecular complexity index is 499. The Morgan fingerprint density at radius 1 is 1.47 bits per heavy atom. The molecule has 0 bridgehead atoms. The normalized spacial score (nSPS) is 18.8. The molecule has 1 saturated heterocycles. The van der Waals surface area contributed by atoms with Gasteiger partial charge >= 0.3 is 0 Å². The molecule has 1 aliphatic rings. The predicted octanol–water partition coefficient (Wildman–Crippen LogP) is -0.587. The molecule has 0 aliphatic carbocycles. The number of amides is 1. The molecule has 19 heavy (non-hydrogen) atoms. The van der Waals surface area contributed by atoms with Crippen molar-refractivity contribution in [1.29, 1.82) is 0 Å². The zero-order chi connectivity index (χ0) is 13.8. The van der Waals surface area contributed by atoms with Crippen LogP contribution in [0.5, 0.6) is 5.75 Å². The van der Waals surface area contributed by atoms with E-state index >= 15 is 0 Å². The van der Waals surface area contributed by atoms with Gasteiger partial charge in [0.2, 0.25) is 0 Å². The third-order valence-electron chi connectivity index (χ3n) is 3.34. The minimum absolute atomic E-state index is 0.0373. The second-order valence-corrected chi connectivity index (χ2v) is 4.79. The van der Waals surface area contributed by atoms with E-state index in [4.69, 9.17) is 4.74 Å². The lowest BCUT2D eigenvalue weighted by atomic mass is 10.1. The largest absolute Gasteiger partial charge is 0.496 e. The lowest BCUT2D eigenvalue weighted by molar-refractivity contribution is -0.907. The average Bonchev–Trinajstić information content (AvgIpc) is 2.38. The number of ether oxygens (including phenoxy) is 1. The molecule has 5 nitrogen and oxygen atoms in total. The van der Waals surface area contributed by atoms with Crippen LogP contribution in [0.2, 0.25) is 0 Å². The Morgan fingerprint density at radius 2 is 2.26 bits per heavy atom. The van der Waals surface area contributed by atoms with Crippen LogP contribution in [0, 0.1) is 0 Å². The molecule has 1 aromatic rings. The van der Waals surface area contributed by atoms with Gasteiger partial charge in [0, 0.05) is 11.1 Å². The van der Waals surface area contributed by atoms with Crippen LogP contribution in [-0.4, -0.2) is 38.4 Å². The van der Waals surface area contributed by atoms with Crippen LogP contribution in [-0.2, 0) is 11.3 Å². The Balaban J connectivity index is 2.19. The van der Waals surface area contributed by atoms with Crippen molar-refractivity contribution in [3.63, 3.8) is 0 Å². The van der Waals surface area contributed by atoms with Crippen molar-refractivity contribution in [2.45, 2.75) is 13.5 Å². The van der Waals surface area contributed by atoms with E-state index in [0.717, 1.165) is 17.9 Å². The first-order chi connectivity index (χ1) is 9.10. The molecule has 1 aliphatic heterocycles. The van der Waals surface area contributed by atoms with Gasteiger partial charge in [-0.25, -0.2) is 0 Å². The van der Waals surface area contributed by atoms with Gasteiger partial charge in [0.25, 0.3) is 5.91 Å². The Labute approximate surface area is 112 Å². The SMILES string of the molecule is COc1ccc(C(C)=O)cc1C[NH+]1CCNC(=O)C1. The lowest BCUT2D eigenvalue weighted by Crippen LogP contribution is -3.14. The summed E-state index contributed by atoms with van der Waals surface area (Å²) in [5.74, 6) is 0.877. The molecule has 0 saturated carbocycles. The molecule has 2 N–H and O–H groups in total. The summed E-state index contributed by atoms with van der Waals surface area (Å²) >= 11 is 0. The van der Waals surface area contributed by atoms with Crippen molar-refractivity contribution in [1.82, 2.24) is 5.32 Å². The van der Waals surface area contributed by atoms with Crippen molar-refractivity contribution >= 4 is 11.7 Å². The number of hydrogen-bond donors (Lipinski definition) is 2. The first-order valence-corrected chi connectivity index (χ1v) is 6.38. The van der Waals surface area contributed by atoms with Crippen LogP contribution in [0.3, 0.4) is 0 Å². The summed E-state index contributed by atoms with van der Waals surface area (Å²) in [6.45, 7) is 4.29. The molecule has 0 radical (unpaired) electrons. The molecule has 1 amide bonds. The molecule has 1 unspecified atom stereocenters. The lowest BCUT2D eigenvalue weighted by Gasteiger charge is -2.24. The molecule has 1 fully saturated rings. The summed E-state index contributed by atoms with van der Waals surface area (Å²) in [5.41, 5.74) is 1.65. The molecular weight excluding hydrogens is 244 g/mol. The van der Waals surface area contributed by atoms with Gasteiger partial charge in [-0.3, -0.25) is 9.59 Å². The van der Waals surface area contributed by atoms with Crippen LogP contribution < -0.4 is 15.0 Å². The highest BCUT2D eigenvalue weighted by atomic mass is 16.5. The van der Waals surface area contributed by atoms with E-state index in [1.807, 2.05) is 12.1 Å². The Hall–Kier alpha value is -1.88. The molecule has 102 valence electrons. The van der Waals surface area contributed by atoms with Crippen molar-refractivity contribution < 1.29 is 19.2 Å². The fourth-order valence-electron chi connectivity index (χ4n) is 2.31. The fourth-order valence-corrected chi connectivity index (χ4v) is 2.31. The average molecular weight is 263 g/mol. The van der Waals surface area contributed by atoms with Gasteiger partial charge < -0.3 is 15.0 Å². The van der Waals surface area contributed by atoms with Gasteiger partial charge in [0.15, 0.2) is 12.3 Å². The van der Waals surface area contributed by atoms with Gasteiger partial charge in [0.1, 0.15) is 12.3 Å². The first-order valence-electron chi connectivity index (χ1n) is 6.38. The van der Waals surface area contributed by atoms with Gasteiger partial charge in [-0.15, -0.1) is 0 Å². The van der Waals surface area contributed by atoms with E-state index in [1.165, 1.54) is 4.90 Å². The number of rotatable bonds is 4. The van der Waals surface area contributed by atoms with E-state index in [0.29, 0.717) is 25.2 Å². The van der Waals surface area contributed by atoms with Crippen molar-refractivity contribution in [2.24, 2.45) is 0 Å². The number of methoxy groups -OCH3 is 1.